The zero-order valence-corrected chi connectivity index (χ0v) is 18.0. The third-order valence-electron chi connectivity index (χ3n) is 5.61. The molecule has 4 aromatic carbocycles. The molecule has 1 aliphatic rings. The molecular weight excluding hydrogens is 415 g/mol. The van der Waals surface area contributed by atoms with Crippen molar-refractivity contribution in [2.45, 2.75) is 13.5 Å². The molecule has 1 heterocycles. The van der Waals surface area contributed by atoms with Gasteiger partial charge in [-0.3, -0.25) is 4.79 Å². The molecule has 4 aromatic rings. The van der Waals surface area contributed by atoms with Gasteiger partial charge in [-0.25, -0.2) is 4.39 Å². The summed E-state index contributed by atoms with van der Waals surface area (Å²) in [6.45, 7) is 1.93. The maximum atomic E-state index is 13.9. The zero-order chi connectivity index (χ0) is 22.8. The summed E-state index contributed by atoms with van der Waals surface area (Å²) >= 11 is 0. The number of carbonyl (C=O) groups excluding carboxylic acids is 1. The second kappa shape index (κ2) is 8.75. The topological polar surface area (TPSA) is 35.5 Å². The van der Waals surface area contributed by atoms with Crippen LogP contribution < -0.4 is 9.47 Å². The summed E-state index contributed by atoms with van der Waals surface area (Å²) in [6, 6.07) is 28.0. The van der Waals surface area contributed by atoms with E-state index in [-0.39, 0.29) is 24.0 Å². The molecule has 0 aromatic heterocycles. The Bertz CT molecular complexity index is 1360. The number of rotatable bonds is 5. The van der Waals surface area contributed by atoms with Gasteiger partial charge in [0.25, 0.3) is 0 Å². The Kier molecular flexibility index (Phi) is 5.49. The molecule has 5 rings (SSSR count). The summed E-state index contributed by atoms with van der Waals surface area (Å²) in [6.07, 6.45) is 1.75. The third-order valence-corrected chi connectivity index (χ3v) is 5.61. The Labute approximate surface area is 191 Å². The van der Waals surface area contributed by atoms with Crippen molar-refractivity contribution in [3.63, 3.8) is 0 Å². The molecular formula is C29H21FO3. The summed E-state index contributed by atoms with van der Waals surface area (Å²) in [5.74, 6) is 0.777. The molecule has 3 nitrogen and oxygen atoms in total. The number of carbonyl (C=O) groups is 1. The first-order chi connectivity index (χ1) is 16.1. The Morgan fingerprint density at radius 3 is 2.33 bits per heavy atom. The van der Waals surface area contributed by atoms with Crippen LogP contribution in [0.25, 0.3) is 17.2 Å². The number of fused-ring (bicyclic) bond motifs is 1. The lowest BCUT2D eigenvalue weighted by atomic mass is 10.0. The van der Waals surface area contributed by atoms with Crippen LogP contribution in [0.4, 0.5) is 4.39 Å². The highest BCUT2D eigenvalue weighted by atomic mass is 19.1. The van der Waals surface area contributed by atoms with E-state index in [1.165, 1.54) is 6.07 Å². The SMILES string of the molecule is Cc1cc(OCc2ccccc2F)cc2c1C(=O)/C(=C/c1ccc(-c3ccccc3)cc1)O2. The minimum atomic E-state index is -0.315. The van der Waals surface area contributed by atoms with Crippen LogP contribution in [0.2, 0.25) is 0 Å². The van der Waals surface area contributed by atoms with Crippen LogP contribution in [0.5, 0.6) is 11.5 Å². The molecule has 0 atom stereocenters. The van der Waals surface area contributed by atoms with Crippen LogP contribution in [0.3, 0.4) is 0 Å². The fraction of sp³-hybridized carbons (Fsp3) is 0.0690. The van der Waals surface area contributed by atoms with E-state index >= 15 is 0 Å². The summed E-state index contributed by atoms with van der Waals surface area (Å²) < 4.78 is 25.5. The molecule has 0 amide bonds. The average Bonchev–Trinajstić information content (AvgIpc) is 3.15. The second-order valence-electron chi connectivity index (χ2n) is 7.92. The molecule has 0 aliphatic carbocycles. The Balaban J connectivity index is 1.35. The van der Waals surface area contributed by atoms with Crippen LogP contribution >= 0.6 is 0 Å². The first-order valence-corrected chi connectivity index (χ1v) is 10.7. The van der Waals surface area contributed by atoms with Crippen molar-refractivity contribution < 1.29 is 18.7 Å². The lowest BCUT2D eigenvalue weighted by Gasteiger charge is -2.09. The summed E-state index contributed by atoms with van der Waals surface area (Å²) in [4.78, 5) is 13.0. The fourth-order valence-corrected chi connectivity index (χ4v) is 3.89. The van der Waals surface area contributed by atoms with Crippen LogP contribution in [-0.2, 0) is 6.61 Å². The van der Waals surface area contributed by atoms with E-state index in [1.807, 2.05) is 49.4 Å². The largest absolute Gasteiger partial charge is 0.489 e. The quantitative estimate of drug-likeness (QED) is 0.316. The minimum Gasteiger partial charge on any atom is -0.489 e. The molecule has 33 heavy (non-hydrogen) atoms. The predicted molar refractivity (Wildman–Crippen MR) is 127 cm³/mol. The van der Waals surface area contributed by atoms with Gasteiger partial charge in [-0.2, -0.15) is 0 Å². The van der Waals surface area contributed by atoms with Crippen molar-refractivity contribution in [3.8, 4) is 22.6 Å². The number of hydrogen-bond donors (Lipinski definition) is 0. The maximum Gasteiger partial charge on any atom is 0.232 e. The first kappa shape index (κ1) is 20.7. The first-order valence-electron chi connectivity index (χ1n) is 10.7. The number of benzene rings is 4. The Morgan fingerprint density at radius 2 is 1.58 bits per heavy atom. The summed E-state index contributed by atoms with van der Waals surface area (Å²) in [7, 11) is 0. The number of ketones is 1. The Hall–Kier alpha value is -4.18. The highest BCUT2D eigenvalue weighted by molar-refractivity contribution is 6.15. The van der Waals surface area contributed by atoms with Gasteiger partial charge in [0.05, 0.1) is 5.56 Å². The summed E-state index contributed by atoms with van der Waals surface area (Å²) in [5, 5.41) is 0. The molecule has 0 spiro atoms. The van der Waals surface area contributed by atoms with Gasteiger partial charge in [-0.05, 0) is 47.4 Å². The zero-order valence-electron chi connectivity index (χ0n) is 18.0. The number of ether oxygens (including phenoxy) is 2. The molecule has 0 N–H and O–H groups in total. The normalized spacial score (nSPS) is 13.6. The number of halogens is 1. The van der Waals surface area contributed by atoms with Gasteiger partial charge in [0.1, 0.15) is 23.9 Å². The lowest BCUT2D eigenvalue weighted by Crippen LogP contribution is -2.00. The van der Waals surface area contributed by atoms with E-state index in [1.54, 1.807) is 36.4 Å². The van der Waals surface area contributed by atoms with Gasteiger partial charge in [0, 0.05) is 11.6 Å². The van der Waals surface area contributed by atoms with Crippen molar-refractivity contribution in [1.29, 1.82) is 0 Å². The smallest absolute Gasteiger partial charge is 0.232 e. The lowest BCUT2D eigenvalue weighted by molar-refractivity contribution is 0.101. The Morgan fingerprint density at radius 1 is 0.879 bits per heavy atom. The number of hydrogen-bond acceptors (Lipinski definition) is 3. The van der Waals surface area contributed by atoms with E-state index in [2.05, 4.69) is 12.1 Å². The maximum absolute atomic E-state index is 13.9. The molecule has 0 bridgehead atoms. The van der Waals surface area contributed by atoms with E-state index in [4.69, 9.17) is 9.47 Å². The van der Waals surface area contributed by atoms with Gasteiger partial charge in [-0.15, -0.1) is 0 Å². The standard InChI is InChI=1S/C29H21FO3/c1-19-15-24(32-18-23-9-5-6-10-25(23)30)17-26-28(19)29(31)27(33-26)16-20-11-13-22(14-12-20)21-7-3-2-4-8-21/h2-17H,18H2,1H3/b27-16-. The molecule has 0 saturated carbocycles. The molecule has 1 aliphatic heterocycles. The van der Waals surface area contributed by atoms with E-state index in [0.29, 0.717) is 22.6 Å². The van der Waals surface area contributed by atoms with Crippen LogP contribution in [-0.4, -0.2) is 5.78 Å². The van der Waals surface area contributed by atoms with Gasteiger partial charge in [0.15, 0.2) is 5.76 Å². The molecule has 0 fully saturated rings. The average molecular weight is 436 g/mol. The second-order valence-corrected chi connectivity index (χ2v) is 7.92. The molecule has 0 unspecified atom stereocenters. The van der Waals surface area contributed by atoms with Crippen molar-refractivity contribution in [2.75, 3.05) is 0 Å². The predicted octanol–water partition coefficient (Wildman–Crippen LogP) is 7.00. The van der Waals surface area contributed by atoms with Crippen LogP contribution in [0.15, 0.2) is 96.8 Å². The van der Waals surface area contributed by atoms with Gasteiger partial charge >= 0.3 is 0 Å². The fourth-order valence-electron chi connectivity index (χ4n) is 3.89. The van der Waals surface area contributed by atoms with E-state index < -0.39 is 0 Å². The molecule has 162 valence electrons. The van der Waals surface area contributed by atoms with E-state index in [9.17, 15) is 9.18 Å². The highest BCUT2D eigenvalue weighted by Crippen LogP contribution is 2.38. The van der Waals surface area contributed by atoms with Crippen LogP contribution in [0, 0.1) is 12.7 Å². The van der Waals surface area contributed by atoms with Gasteiger partial charge < -0.3 is 9.47 Å². The molecule has 4 heteroatoms. The van der Waals surface area contributed by atoms with Crippen molar-refractivity contribution >= 4 is 11.9 Å². The molecule has 0 radical (unpaired) electrons. The van der Waals surface area contributed by atoms with Gasteiger partial charge in [-0.1, -0.05) is 72.8 Å². The number of aryl methyl sites for hydroxylation is 1. The van der Waals surface area contributed by atoms with E-state index in [0.717, 1.165) is 22.3 Å². The third kappa shape index (κ3) is 4.28. The van der Waals surface area contributed by atoms with Crippen molar-refractivity contribution in [2.24, 2.45) is 0 Å². The minimum absolute atomic E-state index is 0.0926. The molecule has 0 saturated heterocycles. The monoisotopic (exact) mass is 436 g/mol. The van der Waals surface area contributed by atoms with Crippen LogP contribution in [0.1, 0.15) is 27.0 Å². The van der Waals surface area contributed by atoms with Gasteiger partial charge in [0.2, 0.25) is 5.78 Å². The van der Waals surface area contributed by atoms with Crippen molar-refractivity contribution in [3.05, 3.63) is 125 Å². The van der Waals surface area contributed by atoms with Crippen molar-refractivity contribution in [1.82, 2.24) is 0 Å². The summed E-state index contributed by atoms with van der Waals surface area (Å²) in [5.41, 5.74) is 4.86. The number of Topliss-reactive ketones (excluding diaryl/α,β-unsaturated/α-hetero) is 1. The highest BCUT2D eigenvalue weighted by Gasteiger charge is 2.30. The number of allylic oxidation sites excluding steroid dienone is 1.